The van der Waals surface area contributed by atoms with Crippen LogP contribution in [0.5, 0.6) is 0 Å². The van der Waals surface area contributed by atoms with Gasteiger partial charge in [-0.25, -0.2) is 4.98 Å². The Morgan fingerprint density at radius 1 is 1.10 bits per heavy atom. The molecule has 3 rings (SSSR count). The first-order valence-electron chi connectivity index (χ1n) is 8.57. The van der Waals surface area contributed by atoms with Crippen LogP contribution in [0.4, 0.5) is 5.69 Å². The number of nitrogens with two attached hydrogens (primary N) is 1. The number of hydrogen-bond acceptors (Lipinski definition) is 5. The van der Waals surface area contributed by atoms with E-state index in [1.165, 1.54) is 17.4 Å². The van der Waals surface area contributed by atoms with E-state index in [4.69, 9.17) is 5.73 Å². The molecule has 2 aromatic carbocycles. The van der Waals surface area contributed by atoms with Crippen LogP contribution in [0.2, 0.25) is 0 Å². The van der Waals surface area contributed by atoms with Crippen molar-refractivity contribution in [1.29, 1.82) is 0 Å². The molecule has 0 radical (unpaired) electrons. The molecule has 0 aliphatic heterocycles. The summed E-state index contributed by atoms with van der Waals surface area (Å²) in [6.07, 6.45) is 0.114. The van der Waals surface area contributed by atoms with E-state index in [0.717, 1.165) is 15.0 Å². The van der Waals surface area contributed by atoms with E-state index < -0.39 is 11.8 Å². The fraction of sp³-hybridized carbons (Fsp3) is 0.100. The summed E-state index contributed by atoms with van der Waals surface area (Å²) in [6, 6.07) is 14.2. The Morgan fingerprint density at radius 2 is 1.90 bits per heavy atom. The van der Waals surface area contributed by atoms with E-state index >= 15 is 0 Å². The standard InChI is InChI=1S/C20H17BrN4O3S/c21-14-5-1-4-13(7-14)20-25-16(11-29-20)9-18(27)24-15-6-2-3-12(8-15)19(28)23-10-17(22)26/h1-8,11H,9-10H2,(H2,22,26)(H,23,28)(H,24,27). The second-order valence-corrected chi connectivity index (χ2v) is 7.88. The molecular formula is C20H17BrN4O3S. The Balaban J connectivity index is 1.62. The number of carbonyl (C=O) groups is 3. The molecule has 0 aliphatic rings. The topological polar surface area (TPSA) is 114 Å². The highest BCUT2D eigenvalue weighted by molar-refractivity contribution is 9.10. The van der Waals surface area contributed by atoms with Gasteiger partial charge in [0.05, 0.1) is 18.7 Å². The first-order valence-corrected chi connectivity index (χ1v) is 10.2. The number of anilines is 1. The lowest BCUT2D eigenvalue weighted by molar-refractivity contribution is -0.117. The lowest BCUT2D eigenvalue weighted by Crippen LogP contribution is -2.33. The van der Waals surface area contributed by atoms with Crippen molar-refractivity contribution < 1.29 is 14.4 Å². The molecular weight excluding hydrogens is 456 g/mol. The van der Waals surface area contributed by atoms with Crippen LogP contribution < -0.4 is 16.4 Å². The van der Waals surface area contributed by atoms with Crippen molar-refractivity contribution in [2.45, 2.75) is 6.42 Å². The maximum absolute atomic E-state index is 12.4. The summed E-state index contributed by atoms with van der Waals surface area (Å²) in [5, 5.41) is 7.84. The van der Waals surface area contributed by atoms with Gasteiger partial charge in [0, 0.05) is 26.7 Å². The Hall–Kier alpha value is -3.04. The van der Waals surface area contributed by atoms with Gasteiger partial charge >= 0.3 is 0 Å². The summed E-state index contributed by atoms with van der Waals surface area (Å²) in [5.41, 5.74) is 7.45. The van der Waals surface area contributed by atoms with Crippen molar-refractivity contribution in [3.05, 3.63) is 69.6 Å². The van der Waals surface area contributed by atoms with E-state index in [2.05, 4.69) is 31.5 Å². The maximum Gasteiger partial charge on any atom is 0.251 e. The average molecular weight is 473 g/mol. The van der Waals surface area contributed by atoms with E-state index in [9.17, 15) is 14.4 Å². The number of nitrogens with one attached hydrogen (secondary N) is 2. The summed E-state index contributed by atoms with van der Waals surface area (Å²) in [6.45, 7) is -0.250. The highest BCUT2D eigenvalue weighted by Crippen LogP contribution is 2.26. The minimum absolute atomic E-state index is 0.114. The number of rotatable bonds is 7. The molecule has 0 atom stereocenters. The normalized spacial score (nSPS) is 10.4. The van der Waals surface area contributed by atoms with Crippen LogP contribution >= 0.6 is 27.3 Å². The summed E-state index contributed by atoms with van der Waals surface area (Å²) in [5.74, 6) is -1.32. The van der Waals surface area contributed by atoms with Gasteiger partial charge in [-0.3, -0.25) is 14.4 Å². The monoisotopic (exact) mass is 472 g/mol. The van der Waals surface area contributed by atoms with Crippen molar-refractivity contribution in [3.63, 3.8) is 0 Å². The third-order valence-corrected chi connectivity index (χ3v) is 5.23. The van der Waals surface area contributed by atoms with Gasteiger partial charge in [0.15, 0.2) is 0 Å². The molecule has 9 heteroatoms. The van der Waals surface area contributed by atoms with Gasteiger partial charge in [0.25, 0.3) is 5.91 Å². The quantitative estimate of drug-likeness (QED) is 0.490. The highest BCUT2D eigenvalue weighted by Gasteiger charge is 2.11. The number of halogens is 1. The van der Waals surface area contributed by atoms with Crippen LogP contribution in [0.3, 0.4) is 0 Å². The van der Waals surface area contributed by atoms with Crippen LogP contribution in [0, 0.1) is 0 Å². The van der Waals surface area contributed by atoms with Crippen LogP contribution in [0.15, 0.2) is 58.4 Å². The van der Waals surface area contributed by atoms with Gasteiger partial charge in [0.1, 0.15) is 5.01 Å². The molecule has 0 unspecified atom stereocenters. The lowest BCUT2D eigenvalue weighted by Gasteiger charge is -2.07. The fourth-order valence-corrected chi connectivity index (χ4v) is 3.74. The number of nitrogens with zero attached hydrogens (tertiary/aromatic N) is 1. The number of hydrogen-bond donors (Lipinski definition) is 3. The summed E-state index contributed by atoms with van der Waals surface area (Å²) in [4.78, 5) is 39.7. The van der Waals surface area contributed by atoms with E-state index in [0.29, 0.717) is 16.9 Å². The van der Waals surface area contributed by atoms with Crippen molar-refractivity contribution in [2.24, 2.45) is 5.73 Å². The number of aromatic nitrogens is 1. The van der Waals surface area contributed by atoms with Crippen molar-refractivity contribution in [1.82, 2.24) is 10.3 Å². The average Bonchev–Trinajstić information content (AvgIpc) is 3.14. The lowest BCUT2D eigenvalue weighted by atomic mass is 10.2. The second kappa shape index (κ2) is 9.44. The second-order valence-electron chi connectivity index (χ2n) is 6.11. The molecule has 0 spiro atoms. The zero-order chi connectivity index (χ0) is 20.8. The number of carbonyl (C=O) groups excluding carboxylic acids is 3. The zero-order valence-corrected chi connectivity index (χ0v) is 17.5. The third kappa shape index (κ3) is 5.97. The molecule has 3 amide bonds. The van der Waals surface area contributed by atoms with Crippen LogP contribution in [-0.4, -0.2) is 29.3 Å². The van der Waals surface area contributed by atoms with Crippen molar-refractivity contribution in [2.75, 3.05) is 11.9 Å². The minimum Gasteiger partial charge on any atom is -0.368 e. The predicted molar refractivity (Wildman–Crippen MR) is 116 cm³/mol. The molecule has 0 saturated carbocycles. The summed E-state index contributed by atoms with van der Waals surface area (Å²) < 4.78 is 0.962. The molecule has 1 heterocycles. The number of primary amides is 1. The number of amides is 3. The minimum atomic E-state index is -0.631. The Kier molecular flexibility index (Phi) is 6.73. The van der Waals surface area contributed by atoms with Gasteiger partial charge < -0.3 is 16.4 Å². The van der Waals surface area contributed by atoms with Crippen LogP contribution in [0.25, 0.3) is 10.6 Å². The fourth-order valence-electron chi connectivity index (χ4n) is 2.52. The molecule has 3 aromatic rings. The molecule has 0 fully saturated rings. The van der Waals surface area contributed by atoms with Crippen LogP contribution in [-0.2, 0) is 16.0 Å². The van der Waals surface area contributed by atoms with E-state index in [1.54, 1.807) is 18.2 Å². The Bertz CT molecular complexity index is 1070. The van der Waals surface area contributed by atoms with Gasteiger partial charge in [-0.2, -0.15) is 0 Å². The predicted octanol–water partition coefficient (Wildman–Crippen LogP) is 2.97. The van der Waals surface area contributed by atoms with Gasteiger partial charge in [-0.15, -0.1) is 11.3 Å². The first kappa shape index (κ1) is 20.7. The highest BCUT2D eigenvalue weighted by atomic mass is 79.9. The van der Waals surface area contributed by atoms with E-state index in [-0.39, 0.29) is 18.9 Å². The van der Waals surface area contributed by atoms with Crippen molar-refractivity contribution in [3.8, 4) is 10.6 Å². The van der Waals surface area contributed by atoms with Crippen LogP contribution in [0.1, 0.15) is 16.1 Å². The zero-order valence-electron chi connectivity index (χ0n) is 15.1. The molecule has 0 bridgehead atoms. The molecule has 0 aliphatic carbocycles. The molecule has 29 heavy (non-hydrogen) atoms. The largest absolute Gasteiger partial charge is 0.368 e. The van der Waals surface area contributed by atoms with Gasteiger partial charge in [0.2, 0.25) is 11.8 Å². The number of benzene rings is 2. The summed E-state index contributed by atoms with van der Waals surface area (Å²) in [7, 11) is 0. The Labute approximate surface area is 179 Å². The van der Waals surface area contributed by atoms with Gasteiger partial charge in [-0.1, -0.05) is 34.1 Å². The number of thiazole rings is 1. The molecule has 4 N–H and O–H groups in total. The van der Waals surface area contributed by atoms with Gasteiger partial charge in [-0.05, 0) is 30.3 Å². The van der Waals surface area contributed by atoms with Crippen molar-refractivity contribution >= 4 is 50.7 Å². The molecule has 1 aromatic heterocycles. The maximum atomic E-state index is 12.4. The molecule has 148 valence electrons. The Morgan fingerprint density at radius 3 is 2.66 bits per heavy atom. The molecule has 0 saturated heterocycles. The molecule has 7 nitrogen and oxygen atoms in total. The smallest absolute Gasteiger partial charge is 0.251 e. The SMILES string of the molecule is NC(=O)CNC(=O)c1cccc(NC(=O)Cc2csc(-c3cccc(Br)c3)n2)c1. The van der Waals surface area contributed by atoms with E-state index in [1.807, 2.05) is 29.6 Å². The summed E-state index contributed by atoms with van der Waals surface area (Å²) >= 11 is 4.91. The first-order chi connectivity index (χ1) is 13.9. The third-order valence-electron chi connectivity index (χ3n) is 3.80.